The summed E-state index contributed by atoms with van der Waals surface area (Å²) >= 11 is 0. The summed E-state index contributed by atoms with van der Waals surface area (Å²) in [6.07, 6.45) is 3.11. The van der Waals surface area contributed by atoms with E-state index in [1.165, 1.54) is 0 Å². The fourth-order valence-electron chi connectivity index (χ4n) is 6.08. The predicted molar refractivity (Wildman–Crippen MR) is 109 cm³/mol. The van der Waals surface area contributed by atoms with Crippen LogP contribution in [-0.4, -0.2) is 95.1 Å². The topological polar surface area (TPSA) is 139 Å². The van der Waals surface area contributed by atoms with Gasteiger partial charge in [0.15, 0.2) is 0 Å². The van der Waals surface area contributed by atoms with E-state index in [1.807, 2.05) is 0 Å². The minimum Gasteiger partial charge on any atom is -0.480 e. The van der Waals surface area contributed by atoms with Crippen molar-refractivity contribution in [3.63, 3.8) is 0 Å². The largest absolute Gasteiger partial charge is 0.480 e. The van der Waals surface area contributed by atoms with Crippen molar-refractivity contribution < 1.29 is 29.4 Å². The molecule has 10 nitrogen and oxygen atoms in total. The van der Waals surface area contributed by atoms with E-state index in [-0.39, 0.29) is 23.7 Å². The lowest BCUT2D eigenvalue weighted by Crippen LogP contribution is -2.59. The molecule has 0 aromatic rings. The van der Waals surface area contributed by atoms with Crippen LogP contribution in [0.2, 0.25) is 0 Å². The number of nitrogens with one attached hydrogen (secondary N) is 2. The first kappa shape index (κ1) is 22.0. The lowest BCUT2D eigenvalue weighted by atomic mass is 9.75. The summed E-state index contributed by atoms with van der Waals surface area (Å²) in [6, 6.07) is -2.07. The summed E-state index contributed by atoms with van der Waals surface area (Å²) in [4.78, 5) is 53.0. The fourth-order valence-corrected chi connectivity index (χ4v) is 6.08. The Morgan fingerprint density at radius 1 is 0.710 bits per heavy atom. The molecule has 6 aliphatic heterocycles. The second-order valence-corrected chi connectivity index (χ2v) is 9.55. The standard InChI is InChI=1S/C21H32N4O6/c26-16(22-18(20(28)29)14-10-24-5-1-12(14)2-6-24)9-17(27)23-19(21(30)31)15-11-25-7-3-13(15)4-8-25/h12-15,18-19H,1-11H2,(H,22,26)(H,23,27)(H,28,29)(H,30,31)/t14-,15-,18?,19?/m0/s1. The van der Waals surface area contributed by atoms with Gasteiger partial charge in [0.2, 0.25) is 11.8 Å². The van der Waals surface area contributed by atoms with Crippen LogP contribution >= 0.6 is 0 Å². The zero-order chi connectivity index (χ0) is 22.1. The van der Waals surface area contributed by atoms with Crippen LogP contribution in [0.15, 0.2) is 0 Å². The van der Waals surface area contributed by atoms with Gasteiger partial charge in [-0.05, 0) is 63.7 Å². The van der Waals surface area contributed by atoms with E-state index in [0.29, 0.717) is 13.1 Å². The van der Waals surface area contributed by atoms with E-state index in [0.717, 1.165) is 51.9 Å². The zero-order valence-electron chi connectivity index (χ0n) is 17.7. The first-order valence-electron chi connectivity index (χ1n) is 11.3. The molecule has 6 saturated heterocycles. The molecule has 6 heterocycles. The lowest BCUT2D eigenvalue weighted by Gasteiger charge is -2.47. The maximum atomic E-state index is 12.5. The Bertz CT molecular complexity index is 669. The molecule has 0 radical (unpaired) electrons. The summed E-state index contributed by atoms with van der Waals surface area (Å²) in [5, 5.41) is 24.4. The van der Waals surface area contributed by atoms with Gasteiger partial charge >= 0.3 is 11.9 Å². The third kappa shape index (κ3) is 4.85. The monoisotopic (exact) mass is 436 g/mol. The molecule has 2 amide bonds. The highest BCUT2D eigenvalue weighted by atomic mass is 16.4. The molecule has 4 bridgehead atoms. The second-order valence-electron chi connectivity index (χ2n) is 9.55. The molecule has 4 N–H and O–H groups in total. The molecule has 10 heteroatoms. The molecule has 2 unspecified atom stereocenters. The third-order valence-electron chi connectivity index (χ3n) is 7.76. The first-order chi connectivity index (χ1) is 14.8. The van der Waals surface area contributed by atoms with E-state index in [2.05, 4.69) is 20.4 Å². The number of carbonyl (C=O) groups excluding carboxylic acids is 2. The number of aliphatic carboxylic acids is 2. The molecule has 172 valence electrons. The third-order valence-corrected chi connectivity index (χ3v) is 7.76. The van der Waals surface area contributed by atoms with Crippen molar-refractivity contribution in [2.45, 2.75) is 44.2 Å². The molecule has 0 aliphatic carbocycles. The Morgan fingerprint density at radius 2 is 1.06 bits per heavy atom. The van der Waals surface area contributed by atoms with Crippen LogP contribution in [0.1, 0.15) is 32.1 Å². The van der Waals surface area contributed by atoms with Crippen LogP contribution in [0.5, 0.6) is 0 Å². The van der Waals surface area contributed by atoms with Gasteiger partial charge in [0.05, 0.1) is 0 Å². The van der Waals surface area contributed by atoms with Gasteiger partial charge in [0, 0.05) is 24.9 Å². The van der Waals surface area contributed by atoms with Crippen LogP contribution in [0.4, 0.5) is 0 Å². The van der Waals surface area contributed by atoms with E-state index >= 15 is 0 Å². The van der Waals surface area contributed by atoms with Crippen molar-refractivity contribution >= 4 is 23.8 Å². The smallest absolute Gasteiger partial charge is 0.326 e. The summed E-state index contributed by atoms with van der Waals surface area (Å²) in [5.74, 6) is -3.39. The van der Waals surface area contributed by atoms with E-state index in [9.17, 15) is 29.4 Å². The van der Waals surface area contributed by atoms with Crippen LogP contribution in [0.3, 0.4) is 0 Å². The van der Waals surface area contributed by atoms with Gasteiger partial charge in [0.1, 0.15) is 18.5 Å². The summed E-state index contributed by atoms with van der Waals surface area (Å²) in [5.41, 5.74) is 0. The van der Waals surface area contributed by atoms with E-state index in [4.69, 9.17) is 0 Å². The Balaban J connectivity index is 1.33. The zero-order valence-corrected chi connectivity index (χ0v) is 17.7. The molecular weight excluding hydrogens is 404 g/mol. The Labute approximate surface area is 181 Å². The Kier molecular flexibility index (Phi) is 6.47. The Hall–Kier alpha value is -2.20. The minimum atomic E-state index is -1.09. The van der Waals surface area contributed by atoms with E-state index < -0.39 is 42.3 Å². The molecule has 4 atom stereocenters. The van der Waals surface area contributed by atoms with Crippen LogP contribution in [0.25, 0.3) is 0 Å². The number of carboxylic acids is 2. The van der Waals surface area contributed by atoms with Crippen LogP contribution < -0.4 is 10.6 Å². The number of fused-ring (bicyclic) bond motifs is 6. The maximum Gasteiger partial charge on any atom is 0.326 e. The molecule has 6 fully saturated rings. The molecule has 6 aliphatic rings. The number of hydrogen-bond acceptors (Lipinski definition) is 6. The minimum absolute atomic E-state index is 0.175. The van der Waals surface area contributed by atoms with Crippen LogP contribution in [-0.2, 0) is 19.2 Å². The first-order valence-corrected chi connectivity index (χ1v) is 11.3. The highest BCUT2D eigenvalue weighted by Gasteiger charge is 2.44. The highest BCUT2D eigenvalue weighted by Crippen LogP contribution is 2.35. The molecule has 0 saturated carbocycles. The van der Waals surface area contributed by atoms with Crippen molar-refractivity contribution in [1.29, 1.82) is 0 Å². The van der Waals surface area contributed by atoms with Gasteiger partial charge in [-0.2, -0.15) is 0 Å². The van der Waals surface area contributed by atoms with Gasteiger partial charge < -0.3 is 30.6 Å². The second kappa shape index (κ2) is 9.12. The van der Waals surface area contributed by atoms with Gasteiger partial charge in [-0.25, -0.2) is 9.59 Å². The Morgan fingerprint density at radius 3 is 1.32 bits per heavy atom. The molecule has 0 spiro atoms. The van der Waals surface area contributed by atoms with Crippen molar-refractivity contribution in [1.82, 2.24) is 20.4 Å². The maximum absolute atomic E-state index is 12.5. The molecule has 0 aromatic carbocycles. The predicted octanol–water partition coefficient (Wildman–Crippen LogP) is -0.801. The summed E-state index contributed by atoms with van der Waals surface area (Å²) in [7, 11) is 0. The van der Waals surface area contributed by atoms with Crippen molar-refractivity contribution in [2.24, 2.45) is 23.7 Å². The number of carbonyl (C=O) groups is 4. The normalized spacial score (nSPS) is 35.7. The van der Waals surface area contributed by atoms with Gasteiger partial charge in [-0.1, -0.05) is 0 Å². The van der Waals surface area contributed by atoms with Crippen molar-refractivity contribution in [2.75, 3.05) is 39.3 Å². The number of hydrogen-bond donors (Lipinski definition) is 4. The number of nitrogens with zero attached hydrogens (tertiary/aromatic N) is 2. The number of rotatable bonds is 8. The molecule has 6 rings (SSSR count). The van der Waals surface area contributed by atoms with E-state index in [1.54, 1.807) is 0 Å². The highest BCUT2D eigenvalue weighted by molar-refractivity contribution is 5.99. The summed E-state index contributed by atoms with van der Waals surface area (Å²) < 4.78 is 0. The van der Waals surface area contributed by atoms with Crippen LogP contribution in [0, 0.1) is 23.7 Å². The molecule has 0 aromatic heterocycles. The number of piperidine rings is 6. The number of amides is 2. The molecular formula is C21H32N4O6. The average molecular weight is 437 g/mol. The summed E-state index contributed by atoms with van der Waals surface area (Å²) in [6.45, 7) is 5.10. The average Bonchev–Trinajstić information content (AvgIpc) is 2.77. The van der Waals surface area contributed by atoms with Gasteiger partial charge in [-0.3, -0.25) is 9.59 Å². The molecule has 31 heavy (non-hydrogen) atoms. The van der Waals surface area contributed by atoms with Crippen molar-refractivity contribution in [3.05, 3.63) is 0 Å². The van der Waals surface area contributed by atoms with Gasteiger partial charge in [0.25, 0.3) is 0 Å². The SMILES string of the molecule is O=C(CC(=O)NC(C(=O)O)[C@H]1CN2CCC1CC2)NC(C(=O)O)[C@H]1CN2CCC1CC2. The number of carboxylic acid groups (broad SMARTS) is 2. The van der Waals surface area contributed by atoms with Crippen molar-refractivity contribution in [3.8, 4) is 0 Å². The fraction of sp³-hybridized carbons (Fsp3) is 0.810. The quantitative estimate of drug-likeness (QED) is 0.363. The lowest BCUT2D eigenvalue weighted by molar-refractivity contribution is -0.148. The van der Waals surface area contributed by atoms with Gasteiger partial charge in [-0.15, -0.1) is 0 Å².